The second-order valence-corrected chi connectivity index (χ2v) is 6.50. The Balaban J connectivity index is 2.36. The average molecular weight is 239 g/mol. The Morgan fingerprint density at radius 2 is 1.71 bits per heavy atom. The largest absolute Gasteiger partial charge is 0.314 e. The fourth-order valence-corrected chi connectivity index (χ4v) is 3.38. The molecule has 0 radical (unpaired) electrons. The van der Waals surface area contributed by atoms with Gasteiger partial charge in [-0.1, -0.05) is 59.8 Å². The third kappa shape index (κ3) is 5.90. The number of nitrogens with one attached hydrogen (secondary N) is 1. The van der Waals surface area contributed by atoms with Crippen LogP contribution in [0.1, 0.15) is 72.6 Å². The van der Waals surface area contributed by atoms with Crippen molar-refractivity contribution in [1.29, 1.82) is 0 Å². The summed E-state index contributed by atoms with van der Waals surface area (Å²) in [7, 11) is 0. The molecule has 0 aliphatic heterocycles. The Morgan fingerprint density at radius 1 is 1.06 bits per heavy atom. The van der Waals surface area contributed by atoms with Crippen molar-refractivity contribution in [1.82, 2.24) is 5.32 Å². The molecule has 102 valence electrons. The second kappa shape index (κ2) is 8.13. The highest BCUT2D eigenvalue weighted by Crippen LogP contribution is 2.35. The van der Waals surface area contributed by atoms with Crippen molar-refractivity contribution in [2.75, 3.05) is 6.54 Å². The third-order valence-corrected chi connectivity index (χ3v) is 4.34. The van der Waals surface area contributed by atoms with Crippen LogP contribution < -0.4 is 5.32 Å². The molecule has 1 N–H and O–H groups in total. The van der Waals surface area contributed by atoms with E-state index < -0.39 is 0 Å². The van der Waals surface area contributed by atoms with Crippen LogP contribution in [0, 0.1) is 17.8 Å². The van der Waals surface area contributed by atoms with Crippen LogP contribution >= 0.6 is 0 Å². The highest BCUT2D eigenvalue weighted by atomic mass is 14.9. The summed E-state index contributed by atoms with van der Waals surface area (Å²) >= 11 is 0. The minimum absolute atomic E-state index is 0.644. The molecule has 1 fully saturated rings. The molecule has 0 aromatic carbocycles. The molecular weight excluding hydrogens is 206 g/mol. The molecule has 0 aromatic rings. The molecule has 1 nitrogen and oxygen atoms in total. The van der Waals surface area contributed by atoms with Crippen LogP contribution in [0.4, 0.5) is 0 Å². The Labute approximate surface area is 109 Å². The lowest BCUT2D eigenvalue weighted by Gasteiger charge is -2.34. The van der Waals surface area contributed by atoms with Gasteiger partial charge in [0, 0.05) is 6.04 Å². The molecule has 3 unspecified atom stereocenters. The lowest BCUT2D eigenvalue weighted by molar-refractivity contribution is 0.189. The first-order valence-corrected chi connectivity index (χ1v) is 7.86. The van der Waals surface area contributed by atoms with Crippen molar-refractivity contribution in [2.24, 2.45) is 17.8 Å². The Kier molecular flexibility index (Phi) is 7.18. The van der Waals surface area contributed by atoms with Crippen molar-refractivity contribution in [2.45, 2.75) is 78.7 Å². The quantitative estimate of drug-likeness (QED) is 0.683. The van der Waals surface area contributed by atoms with E-state index in [4.69, 9.17) is 0 Å². The van der Waals surface area contributed by atoms with Crippen molar-refractivity contribution in [3.63, 3.8) is 0 Å². The summed E-state index contributed by atoms with van der Waals surface area (Å²) in [5, 5.41) is 3.65. The van der Waals surface area contributed by atoms with Gasteiger partial charge < -0.3 is 5.32 Å². The smallest absolute Gasteiger partial charge is 0.00104 e. The fraction of sp³-hybridized carbons (Fsp3) is 1.00. The predicted octanol–water partition coefficient (Wildman–Crippen LogP) is 4.62. The summed E-state index contributed by atoms with van der Waals surface area (Å²) < 4.78 is 0. The molecule has 1 aliphatic carbocycles. The molecule has 0 spiro atoms. The summed E-state index contributed by atoms with van der Waals surface area (Å²) in [4.78, 5) is 0. The van der Waals surface area contributed by atoms with Crippen molar-refractivity contribution >= 4 is 0 Å². The molecule has 0 amide bonds. The Morgan fingerprint density at radius 3 is 2.29 bits per heavy atom. The van der Waals surface area contributed by atoms with Crippen LogP contribution in [0.5, 0.6) is 0 Å². The van der Waals surface area contributed by atoms with E-state index in [1.807, 2.05) is 0 Å². The zero-order chi connectivity index (χ0) is 12.7. The predicted molar refractivity (Wildman–Crippen MR) is 77.3 cm³/mol. The van der Waals surface area contributed by atoms with Crippen LogP contribution in [0.3, 0.4) is 0 Å². The number of hydrogen-bond donors (Lipinski definition) is 1. The molecule has 1 heteroatoms. The maximum Gasteiger partial charge on any atom is 0.00104 e. The standard InChI is InChI=1S/C16H33N/c1-5-8-14(4)11-15-9-6-7-10-16(15)12-17-13(2)3/h13-17H,5-12H2,1-4H3. The van der Waals surface area contributed by atoms with E-state index in [-0.39, 0.29) is 0 Å². The normalized spacial score (nSPS) is 27.4. The van der Waals surface area contributed by atoms with Crippen molar-refractivity contribution < 1.29 is 0 Å². The molecule has 0 aromatic heterocycles. The van der Waals surface area contributed by atoms with Gasteiger partial charge in [-0.05, 0) is 37.1 Å². The lowest BCUT2D eigenvalue weighted by Crippen LogP contribution is -2.34. The van der Waals surface area contributed by atoms with Gasteiger partial charge in [-0.15, -0.1) is 0 Å². The summed E-state index contributed by atoms with van der Waals surface area (Å²) in [6, 6.07) is 0.644. The maximum absolute atomic E-state index is 3.65. The fourth-order valence-electron chi connectivity index (χ4n) is 3.38. The van der Waals surface area contributed by atoms with E-state index >= 15 is 0 Å². The highest BCUT2D eigenvalue weighted by Gasteiger charge is 2.26. The Bertz CT molecular complexity index is 188. The molecule has 1 aliphatic rings. The van der Waals surface area contributed by atoms with E-state index in [2.05, 4.69) is 33.0 Å². The van der Waals surface area contributed by atoms with Crippen molar-refractivity contribution in [3.8, 4) is 0 Å². The molecular formula is C16H33N. The molecule has 1 saturated carbocycles. The van der Waals surface area contributed by atoms with Crippen LogP contribution in [-0.4, -0.2) is 12.6 Å². The average Bonchev–Trinajstić information content (AvgIpc) is 2.28. The van der Waals surface area contributed by atoms with Crippen LogP contribution in [0.25, 0.3) is 0 Å². The third-order valence-electron chi connectivity index (χ3n) is 4.34. The molecule has 0 bridgehead atoms. The first-order chi connectivity index (χ1) is 8.13. The molecule has 17 heavy (non-hydrogen) atoms. The van der Waals surface area contributed by atoms with Crippen molar-refractivity contribution in [3.05, 3.63) is 0 Å². The zero-order valence-corrected chi connectivity index (χ0v) is 12.5. The Hall–Kier alpha value is -0.0400. The van der Waals surface area contributed by atoms with E-state index in [1.165, 1.54) is 51.5 Å². The van der Waals surface area contributed by atoms with E-state index in [0.29, 0.717) is 6.04 Å². The van der Waals surface area contributed by atoms with Gasteiger partial charge in [-0.2, -0.15) is 0 Å². The summed E-state index contributed by atoms with van der Waals surface area (Å²) in [6.45, 7) is 10.5. The monoisotopic (exact) mass is 239 g/mol. The topological polar surface area (TPSA) is 12.0 Å². The van der Waals surface area contributed by atoms with Crippen LogP contribution in [0.2, 0.25) is 0 Å². The minimum atomic E-state index is 0.644. The maximum atomic E-state index is 3.65. The first-order valence-electron chi connectivity index (χ1n) is 7.86. The minimum Gasteiger partial charge on any atom is -0.314 e. The van der Waals surface area contributed by atoms with Gasteiger partial charge in [0.25, 0.3) is 0 Å². The summed E-state index contributed by atoms with van der Waals surface area (Å²) in [6.07, 6.45) is 10.1. The highest BCUT2D eigenvalue weighted by molar-refractivity contribution is 4.79. The van der Waals surface area contributed by atoms with E-state index in [0.717, 1.165) is 17.8 Å². The van der Waals surface area contributed by atoms with Gasteiger partial charge in [-0.25, -0.2) is 0 Å². The van der Waals surface area contributed by atoms with Gasteiger partial charge in [-0.3, -0.25) is 0 Å². The zero-order valence-electron chi connectivity index (χ0n) is 12.5. The summed E-state index contributed by atoms with van der Waals surface area (Å²) in [5.41, 5.74) is 0. The molecule has 0 heterocycles. The molecule has 1 rings (SSSR count). The number of hydrogen-bond acceptors (Lipinski definition) is 1. The summed E-state index contributed by atoms with van der Waals surface area (Å²) in [5.74, 6) is 2.88. The van der Waals surface area contributed by atoms with E-state index in [9.17, 15) is 0 Å². The number of rotatable bonds is 7. The second-order valence-electron chi connectivity index (χ2n) is 6.50. The van der Waals surface area contributed by atoms with Gasteiger partial charge in [0.1, 0.15) is 0 Å². The van der Waals surface area contributed by atoms with Crippen LogP contribution in [-0.2, 0) is 0 Å². The SMILES string of the molecule is CCCC(C)CC1CCCCC1CNC(C)C. The molecule has 0 saturated heterocycles. The van der Waals surface area contributed by atoms with Crippen LogP contribution in [0.15, 0.2) is 0 Å². The van der Waals surface area contributed by atoms with Gasteiger partial charge in [0.2, 0.25) is 0 Å². The first kappa shape index (κ1) is 15.0. The molecule has 3 atom stereocenters. The van der Waals surface area contributed by atoms with Gasteiger partial charge in [0.05, 0.1) is 0 Å². The van der Waals surface area contributed by atoms with E-state index in [1.54, 1.807) is 0 Å². The van der Waals surface area contributed by atoms with Gasteiger partial charge in [0.15, 0.2) is 0 Å². The van der Waals surface area contributed by atoms with Gasteiger partial charge >= 0.3 is 0 Å². The lowest BCUT2D eigenvalue weighted by atomic mass is 9.74.